The Morgan fingerprint density at radius 3 is 1.34 bits per heavy atom. The summed E-state index contributed by atoms with van der Waals surface area (Å²) in [6.45, 7) is 0. The fourth-order valence-corrected chi connectivity index (χ4v) is 3.15. The first-order valence-electron chi connectivity index (χ1n) is 9.66. The monoisotopic (exact) mass is 444 g/mol. The largest absolute Gasteiger partial charge is 0.508 e. The van der Waals surface area contributed by atoms with E-state index >= 15 is 0 Å². The first-order chi connectivity index (χ1) is 15.0. The number of benzene rings is 2. The third-order valence-electron chi connectivity index (χ3n) is 4.88. The number of aromatic hydroxyl groups is 2. The molecule has 0 heterocycles. The Kier molecular flexibility index (Phi) is 8.05. The van der Waals surface area contributed by atoms with E-state index in [1.54, 1.807) is 0 Å². The summed E-state index contributed by atoms with van der Waals surface area (Å²) in [5, 5.41) is 37.5. The van der Waals surface area contributed by atoms with Gasteiger partial charge < -0.3 is 31.9 Å². The van der Waals surface area contributed by atoms with Gasteiger partial charge in [0.1, 0.15) is 23.6 Å². The van der Waals surface area contributed by atoms with Crippen LogP contribution in [0.1, 0.15) is 44.7 Å². The molecule has 10 heteroatoms. The van der Waals surface area contributed by atoms with Gasteiger partial charge in [-0.1, -0.05) is 12.1 Å². The Morgan fingerprint density at radius 2 is 1.03 bits per heavy atom. The lowest BCUT2D eigenvalue weighted by atomic mass is 9.92. The van der Waals surface area contributed by atoms with E-state index in [2.05, 4.69) is 0 Å². The van der Waals surface area contributed by atoms with Crippen LogP contribution in [-0.4, -0.2) is 56.0 Å². The second-order valence-corrected chi connectivity index (χ2v) is 7.33. The summed E-state index contributed by atoms with van der Waals surface area (Å²) in [6.07, 6.45) is -0.821. The summed E-state index contributed by atoms with van der Waals surface area (Å²) in [5.74, 6) is -3.92. The number of rotatable bonds is 11. The fraction of sp³-hybridized carbons (Fsp3) is 0.273. The highest BCUT2D eigenvalue weighted by atomic mass is 16.4. The Morgan fingerprint density at radius 1 is 0.688 bits per heavy atom. The normalized spacial score (nSPS) is 12.7. The Balaban J connectivity index is 2.20. The van der Waals surface area contributed by atoms with Gasteiger partial charge in [-0.2, -0.15) is 0 Å². The predicted molar refractivity (Wildman–Crippen MR) is 113 cm³/mol. The van der Waals surface area contributed by atoms with Crippen molar-refractivity contribution in [1.29, 1.82) is 0 Å². The third kappa shape index (κ3) is 6.37. The van der Waals surface area contributed by atoms with E-state index in [0.29, 0.717) is 11.1 Å². The molecule has 2 aromatic carbocycles. The molecule has 2 aromatic rings. The smallest absolute Gasteiger partial charge is 0.320 e. The number of hydrogen-bond acceptors (Lipinski definition) is 8. The number of carboxylic acid groups (broad SMARTS) is 2. The van der Waals surface area contributed by atoms with Gasteiger partial charge in [0, 0.05) is 24.0 Å². The van der Waals surface area contributed by atoms with Crippen LogP contribution in [0.4, 0.5) is 0 Å². The first-order valence-corrected chi connectivity index (χ1v) is 9.66. The minimum atomic E-state index is -1.25. The number of hydrogen-bond donors (Lipinski definition) is 6. The van der Waals surface area contributed by atoms with Crippen molar-refractivity contribution in [2.45, 2.75) is 37.8 Å². The van der Waals surface area contributed by atoms with Gasteiger partial charge in [-0.3, -0.25) is 19.2 Å². The molecule has 10 nitrogen and oxygen atoms in total. The first kappa shape index (κ1) is 24.5. The van der Waals surface area contributed by atoms with Crippen molar-refractivity contribution in [3.63, 3.8) is 0 Å². The molecular formula is C22H24N2O8. The summed E-state index contributed by atoms with van der Waals surface area (Å²) in [7, 11) is 0. The van der Waals surface area contributed by atoms with Crippen LogP contribution in [0.15, 0.2) is 36.4 Å². The molecule has 0 radical (unpaired) electrons. The van der Waals surface area contributed by atoms with Gasteiger partial charge in [0.2, 0.25) is 0 Å². The van der Waals surface area contributed by atoms with Crippen LogP contribution in [0.25, 0.3) is 0 Å². The van der Waals surface area contributed by atoms with Gasteiger partial charge >= 0.3 is 11.9 Å². The lowest BCUT2D eigenvalue weighted by molar-refractivity contribution is -0.139. The van der Waals surface area contributed by atoms with Crippen LogP contribution in [0.2, 0.25) is 0 Å². The predicted octanol–water partition coefficient (Wildman–Crippen LogP) is 0.852. The molecule has 170 valence electrons. The maximum Gasteiger partial charge on any atom is 0.320 e. The molecule has 0 saturated carbocycles. The van der Waals surface area contributed by atoms with Crippen LogP contribution in [0.3, 0.4) is 0 Å². The number of carbonyl (C=O) groups excluding carboxylic acids is 2. The average molecular weight is 444 g/mol. The third-order valence-corrected chi connectivity index (χ3v) is 4.88. The zero-order valence-corrected chi connectivity index (χ0v) is 17.0. The number of nitrogens with two attached hydrogens (primary N) is 2. The quantitative estimate of drug-likeness (QED) is 0.270. The molecule has 0 bridgehead atoms. The molecule has 0 aliphatic rings. The van der Waals surface area contributed by atoms with Gasteiger partial charge in [0.05, 0.1) is 0 Å². The average Bonchev–Trinajstić information content (AvgIpc) is 2.73. The van der Waals surface area contributed by atoms with Crippen molar-refractivity contribution in [1.82, 2.24) is 0 Å². The van der Waals surface area contributed by atoms with Crippen LogP contribution in [0.5, 0.6) is 11.5 Å². The van der Waals surface area contributed by atoms with E-state index < -0.39 is 35.6 Å². The SMILES string of the molecule is NC(Cc1ccc(O)cc1C(=O)CCC(=O)c1cc(O)ccc1CC(N)C(=O)O)C(=O)O. The molecular weight excluding hydrogens is 420 g/mol. The molecule has 0 spiro atoms. The van der Waals surface area contributed by atoms with Gasteiger partial charge in [-0.25, -0.2) is 0 Å². The lowest BCUT2D eigenvalue weighted by Crippen LogP contribution is -2.33. The Bertz CT molecular complexity index is 967. The minimum absolute atomic E-state index is 0.0542. The molecule has 8 N–H and O–H groups in total. The van der Waals surface area contributed by atoms with Crippen molar-refractivity contribution in [3.05, 3.63) is 58.7 Å². The summed E-state index contributed by atoms with van der Waals surface area (Å²) in [4.78, 5) is 47.5. The molecule has 0 aromatic heterocycles. The summed E-state index contributed by atoms with van der Waals surface area (Å²) in [5.41, 5.74) is 11.8. The summed E-state index contributed by atoms with van der Waals surface area (Å²) >= 11 is 0. The number of phenols is 2. The molecule has 0 aliphatic heterocycles. The standard InChI is InChI=1S/C22H24N2O8/c23-17(21(29)30)7-11-1-3-13(25)9-15(11)19(27)5-6-20(28)16-10-14(26)4-2-12(16)8-18(24)22(31)32/h1-4,9-10,17-18,25-26H,5-8,23-24H2,(H,29,30)(H,31,32). The van der Waals surface area contributed by atoms with Crippen molar-refractivity contribution < 1.29 is 39.6 Å². The van der Waals surface area contributed by atoms with Crippen molar-refractivity contribution in [3.8, 4) is 11.5 Å². The highest BCUT2D eigenvalue weighted by Crippen LogP contribution is 2.23. The zero-order chi connectivity index (χ0) is 24.0. The molecule has 0 aliphatic carbocycles. The van der Waals surface area contributed by atoms with Crippen LogP contribution < -0.4 is 11.5 Å². The molecule has 0 saturated heterocycles. The molecule has 2 unspecified atom stereocenters. The van der Waals surface area contributed by atoms with E-state index in [-0.39, 0.29) is 48.3 Å². The van der Waals surface area contributed by atoms with Crippen LogP contribution in [-0.2, 0) is 22.4 Å². The number of carbonyl (C=O) groups is 4. The number of ketones is 2. The van der Waals surface area contributed by atoms with Gasteiger partial charge in [0.25, 0.3) is 0 Å². The second-order valence-electron chi connectivity index (χ2n) is 7.33. The molecule has 0 amide bonds. The highest BCUT2D eigenvalue weighted by molar-refractivity contribution is 6.04. The summed E-state index contributed by atoms with van der Waals surface area (Å²) in [6, 6.07) is 5.27. The van der Waals surface area contributed by atoms with E-state index in [4.69, 9.17) is 21.7 Å². The maximum absolute atomic E-state index is 12.7. The highest BCUT2D eigenvalue weighted by Gasteiger charge is 2.21. The minimum Gasteiger partial charge on any atom is -0.508 e. The van der Waals surface area contributed by atoms with E-state index in [0.717, 1.165) is 0 Å². The molecule has 2 rings (SSSR count). The van der Waals surface area contributed by atoms with Gasteiger partial charge in [0.15, 0.2) is 11.6 Å². The number of aliphatic carboxylic acids is 2. The van der Waals surface area contributed by atoms with Gasteiger partial charge in [-0.15, -0.1) is 0 Å². The Hall–Kier alpha value is -3.76. The van der Waals surface area contributed by atoms with Gasteiger partial charge in [-0.05, 0) is 48.2 Å². The van der Waals surface area contributed by atoms with Crippen molar-refractivity contribution >= 4 is 23.5 Å². The van der Waals surface area contributed by atoms with Crippen LogP contribution >= 0.6 is 0 Å². The topological polar surface area (TPSA) is 201 Å². The second kappa shape index (κ2) is 10.5. The molecule has 32 heavy (non-hydrogen) atoms. The Labute approximate surface area is 183 Å². The number of carboxylic acids is 2. The molecule has 0 fully saturated rings. The fourth-order valence-electron chi connectivity index (χ4n) is 3.15. The van der Waals surface area contributed by atoms with Crippen molar-refractivity contribution in [2.75, 3.05) is 0 Å². The molecule has 2 atom stereocenters. The van der Waals surface area contributed by atoms with Crippen LogP contribution in [0, 0.1) is 0 Å². The van der Waals surface area contributed by atoms with E-state index in [1.807, 2.05) is 0 Å². The van der Waals surface area contributed by atoms with E-state index in [9.17, 15) is 29.4 Å². The maximum atomic E-state index is 12.7. The summed E-state index contributed by atoms with van der Waals surface area (Å²) < 4.78 is 0. The lowest BCUT2D eigenvalue weighted by Gasteiger charge is -2.13. The number of Topliss-reactive ketones (excluding diaryl/α,β-unsaturated/α-hetero) is 2. The van der Waals surface area contributed by atoms with Crippen molar-refractivity contribution in [2.24, 2.45) is 11.5 Å². The number of phenolic OH excluding ortho intramolecular Hbond substituents is 2. The van der Waals surface area contributed by atoms with E-state index in [1.165, 1.54) is 36.4 Å². The zero-order valence-electron chi connectivity index (χ0n) is 17.0.